The highest BCUT2D eigenvalue weighted by Crippen LogP contribution is 2.23. The maximum atomic E-state index is 13.9. The molecule has 0 atom stereocenters. The van der Waals surface area contributed by atoms with Crippen LogP contribution >= 0.6 is 0 Å². The molecule has 5 nitrogen and oxygen atoms in total. The molecule has 29 heavy (non-hydrogen) atoms. The van der Waals surface area contributed by atoms with Gasteiger partial charge in [-0.1, -0.05) is 59.7 Å². The Hall–Kier alpha value is -3.80. The minimum atomic E-state index is -0.575. The number of aryl methyl sites for hydroxylation is 2. The van der Waals surface area contributed by atoms with Gasteiger partial charge in [0.2, 0.25) is 5.82 Å². The number of nitrogens with zero attached hydrogens (tertiary/aromatic N) is 3. The molecular formula is C23H19FN4O. The van der Waals surface area contributed by atoms with Gasteiger partial charge in [0.15, 0.2) is 5.82 Å². The lowest BCUT2D eigenvalue weighted by Gasteiger charge is -2.06. The van der Waals surface area contributed by atoms with Crippen molar-refractivity contribution in [3.8, 4) is 17.1 Å². The Bertz CT molecular complexity index is 1100. The summed E-state index contributed by atoms with van der Waals surface area (Å²) in [5, 5.41) is 6.94. The first-order chi connectivity index (χ1) is 14.0. The summed E-state index contributed by atoms with van der Waals surface area (Å²) in [6.07, 6.45) is 0. The molecule has 0 unspecified atom stereocenters. The second-order valence-corrected chi connectivity index (χ2v) is 6.81. The smallest absolute Gasteiger partial charge is 0.295 e. The van der Waals surface area contributed by atoms with Crippen LogP contribution < -0.4 is 5.32 Å². The second-order valence-electron chi connectivity index (χ2n) is 6.81. The summed E-state index contributed by atoms with van der Waals surface area (Å²) in [6.45, 7) is 4.00. The van der Waals surface area contributed by atoms with E-state index in [2.05, 4.69) is 15.4 Å². The maximum Gasteiger partial charge on any atom is 0.295 e. The van der Waals surface area contributed by atoms with Crippen LogP contribution in [0.5, 0.6) is 0 Å². The van der Waals surface area contributed by atoms with Crippen molar-refractivity contribution in [2.24, 2.45) is 0 Å². The van der Waals surface area contributed by atoms with Crippen LogP contribution in [0, 0.1) is 19.7 Å². The number of hydrogen-bond donors (Lipinski definition) is 1. The molecule has 0 aliphatic rings. The lowest BCUT2D eigenvalue weighted by molar-refractivity contribution is 0.101. The minimum Gasteiger partial charge on any atom is -0.317 e. The van der Waals surface area contributed by atoms with Gasteiger partial charge in [-0.2, -0.15) is 0 Å². The average Bonchev–Trinajstić information content (AvgIpc) is 3.16. The summed E-state index contributed by atoms with van der Waals surface area (Å²) in [5.74, 6) is -0.594. The van der Waals surface area contributed by atoms with Crippen molar-refractivity contribution >= 4 is 11.6 Å². The van der Waals surface area contributed by atoms with Crippen molar-refractivity contribution in [2.75, 3.05) is 5.32 Å². The summed E-state index contributed by atoms with van der Waals surface area (Å²) >= 11 is 0. The lowest BCUT2D eigenvalue weighted by Crippen LogP contribution is -2.15. The summed E-state index contributed by atoms with van der Waals surface area (Å²) < 4.78 is 15.5. The molecule has 0 radical (unpaired) electrons. The standard InChI is InChI=1S/C23H19FN4O/c1-15-7-11-17(12-8-15)22-26-21(23(29)25-20-6-4-3-5-19(20)24)27-28(22)18-13-9-16(2)10-14-18/h3-14H,1-2H3,(H,25,29). The third-order valence-corrected chi connectivity index (χ3v) is 4.52. The number of nitrogens with one attached hydrogen (secondary N) is 1. The van der Waals surface area contributed by atoms with Gasteiger partial charge in [0.05, 0.1) is 11.4 Å². The molecule has 6 heteroatoms. The predicted molar refractivity (Wildman–Crippen MR) is 111 cm³/mol. The Balaban J connectivity index is 1.76. The first-order valence-corrected chi connectivity index (χ1v) is 9.18. The number of carbonyl (C=O) groups excluding carboxylic acids is 1. The Morgan fingerprint density at radius 3 is 2.17 bits per heavy atom. The Kier molecular flexibility index (Phi) is 4.91. The molecule has 3 aromatic carbocycles. The second kappa shape index (κ2) is 7.67. The van der Waals surface area contributed by atoms with Crippen molar-refractivity contribution in [3.63, 3.8) is 0 Å². The Morgan fingerprint density at radius 1 is 0.897 bits per heavy atom. The van der Waals surface area contributed by atoms with Crippen LogP contribution in [0.1, 0.15) is 21.7 Å². The first kappa shape index (κ1) is 18.6. The van der Waals surface area contributed by atoms with Crippen molar-refractivity contribution in [3.05, 3.63) is 95.6 Å². The first-order valence-electron chi connectivity index (χ1n) is 9.18. The lowest BCUT2D eigenvalue weighted by atomic mass is 10.1. The summed E-state index contributed by atoms with van der Waals surface area (Å²) in [5.41, 5.74) is 3.93. The summed E-state index contributed by atoms with van der Waals surface area (Å²) in [7, 11) is 0. The molecule has 4 rings (SSSR count). The normalized spacial score (nSPS) is 10.7. The van der Waals surface area contributed by atoms with Crippen LogP contribution in [-0.4, -0.2) is 20.7 Å². The van der Waals surface area contributed by atoms with Crippen LogP contribution in [0.15, 0.2) is 72.8 Å². The fourth-order valence-corrected chi connectivity index (χ4v) is 2.90. The van der Waals surface area contributed by atoms with Crippen LogP contribution in [0.25, 0.3) is 17.1 Å². The zero-order chi connectivity index (χ0) is 20.4. The average molecular weight is 386 g/mol. The quantitative estimate of drug-likeness (QED) is 0.540. The summed E-state index contributed by atoms with van der Waals surface area (Å²) in [6, 6.07) is 21.6. The number of hydrogen-bond acceptors (Lipinski definition) is 3. The van der Waals surface area contributed by atoms with Gasteiger partial charge in [0.1, 0.15) is 5.82 Å². The SMILES string of the molecule is Cc1ccc(-c2nc(C(=O)Nc3ccccc3F)nn2-c2ccc(C)cc2)cc1. The molecule has 0 saturated carbocycles. The number of carbonyl (C=O) groups is 1. The minimum absolute atomic E-state index is 0.0376. The highest BCUT2D eigenvalue weighted by Gasteiger charge is 2.19. The van der Waals surface area contributed by atoms with Crippen LogP contribution in [-0.2, 0) is 0 Å². The molecular weight excluding hydrogens is 367 g/mol. The van der Waals surface area contributed by atoms with Crippen LogP contribution in [0.4, 0.5) is 10.1 Å². The molecule has 4 aromatic rings. The van der Waals surface area contributed by atoms with Gasteiger partial charge >= 0.3 is 0 Å². The van der Waals surface area contributed by atoms with E-state index < -0.39 is 11.7 Å². The molecule has 144 valence electrons. The number of anilines is 1. The number of benzene rings is 3. The van der Waals surface area contributed by atoms with E-state index >= 15 is 0 Å². The fraction of sp³-hybridized carbons (Fsp3) is 0.0870. The van der Waals surface area contributed by atoms with Gasteiger partial charge in [0, 0.05) is 5.56 Å². The summed E-state index contributed by atoms with van der Waals surface area (Å²) in [4.78, 5) is 17.1. The van der Waals surface area contributed by atoms with Crippen LogP contribution in [0.3, 0.4) is 0 Å². The Labute approximate surface area is 167 Å². The highest BCUT2D eigenvalue weighted by molar-refractivity contribution is 6.01. The van der Waals surface area contributed by atoms with E-state index in [9.17, 15) is 9.18 Å². The van der Waals surface area contributed by atoms with Crippen molar-refractivity contribution in [2.45, 2.75) is 13.8 Å². The highest BCUT2D eigenvalue weighted by atomic mass is 19.1. The van der Waals surface area contributed by atoms with E-state index in [1.165, 1.54) is 12.1 Å². The number of aromatic nitrogens is 3. The molecule has 0 bridgehead atoms. The van der Waals surface area contributed by atoms with Gasteiger partial charge in [-0.15, -0.1) is 5.10 Å². The van der Waals surface area contributed by atoms with E-state index in [4.69, 9.17) is 0 Å². The molecule has 1 N–H and O–H groups in total. The van der Waals surface area contributed by atoms with Gasteiger partial charge in [0.25, 0.3) is 5.91 Å². The Morgan fingerprint density at radius 2 is 1.52 bits per heavy atom. The number of rotatable bonds is 4. The molecule has 0 saturated heterocycles. The van der Waals surface area contributed by atoms with E-state index in [-0.39, 0.29) is 11.5 Å². The fourth-order valence-electron chi connectivity index (χ4n) is 2.90. The molecule has 1 amide bonds. The largest absolute Gasteiger partial charge is 0.317 e. The molecule has 0 fully saturated rings. The van der Waals surface area contributed by atoms with Gasteiger partial charge in [-0.05, 0) is 38.1 Å². The predicted octanol–water partition coefficient (Wildman–Crippen LogP) is 4.94. The zero-order valence-corrected chi connectivity index (χ0v) is 16.1. The molecule has 1 heterocycles. The van der Waals surface area contributed by atoms with Gasteiger partial charge < -0.3 is 5.32 Å². The monoisotopic (exact) mass is 386 g/mol. The van der Waals surface area contributed by atoms with Crippen LogP contribution in [0.2, 0.25) is 0 Å². The van der Waals surface area contributed by atoms with Gasteiger partial charge in [-0.3, -0.25) is 4.79 Å². The maximum absolute atomic E-state index is 13.9. The molecule has 0 spiro atoms. The number of amides is 1. The molecule has 1 aromatic heterocycles. The molecule has 0 aliphatic carbocycles. The van der Waals surface area contributed by atoms with Gasteiger partial charge in [-0.25, -0.2) is 14.1 Å². The van der Waals surface area contributed by atoms with E-state index in [1.807, 2.05) is 62.4 Å². The van der Waals surface area contributed by atoms with Crippen molar-refractivity contribution < 1.29 is 9.18 Å². The third kappa shape index (κ3) is 3.91. The third-order valence-electron chi connectivity index (χ3n) is 4.52. The zero-order valence-electron chi connectivity index (χ0n) is 16.1. The van der Waals surface area contributed by atoms with E-state index in [0.717, 1.165) is 22.4 Å². The topological polar surface area (TPSA) is 59.8 Å². The number of para-hydroxylation sites is 1. The van der Waals surface area contributed by atoms with E-state index in [0.29, 0.717) is 5.82 Å². The number of halogens is 1. The molecule has 0 aliphatic heterocycles. The van der Waals surface area contributed by atoms with Crippen molar-refractivity contribution in [1.82, 2.24) is 14.8 Å². The van der Waals surface area contributed by atoms with E-state index in [1.54, 1.807) is 16.8 Å². The van der Waals surface area contributed by atoms with Crippen molar-refractivity contribution in [1.29, 1.82) is 0 Å².